The Bertz CT molecular complexity index is 710. The van der Waals surface area contributed by atoms with Crippen LogP contribution in [-0.2, 0) is 24.2 Å². The van der Waals surface area contributed by atoms with Crippen molar-refractivity contribution in [2.24, 2.45) is 0 Å². The monoisotopic (exact) mass is 485 g/mol. The quantitative estimate of drug-likeness (QED) is 0.385. The lowest BCUT2D eigenvalue weighted by atomic mass is 10.2. The number of halogens is 9. The Labute approximate surface area is 165 Å². The molecule has 2 fully saturated rings. The molecule has 1 saturated carbocycles. The number of nitrogens with zero attached hydrogens (tertiary/aromatic N) is 1. The molecule has 1 atom stereocenters. The van der Waals surface area contributed by atoms with Gasteiger partial charge in [0.15, 0.2) is 6.29 Å². The minimum Gasteiger partial charge on any atom is -0.351 e. The van der Waals surface area contributed by atoms with Crippen LogP contribution < -0.4 is 0 Å². The Hall–Kier alpha value is -0.480. The van der Waals surface area contributed by atoms with Crippen LogP contribution in [0.2, 0.25) is 0 Å². The molecule has 0 N–H and O–H groups in total. The van der Waals surface area contributed by atoms with Gasteiger partial charge in [-0.3, -0.25) is 0 Å². The smallest absolute Gasteiger partial charge is 0.351 e. The van der Waals surface area contributed by atoms with Gasteiger partial charge in [-0.15, -0.1) is 0 Å². The molecule has 0 radical (unpaired) electrons. The highest BCUT2D eigenvalue weighted by Crippen LogP contribution is 2.52. The van der Waals surface area contributed by atoms with Gasteiger partial charge in [-0.05, 0) is 44.2 Å². The average Bonchev–Trinajstić information content (AvgIpc) is 3.13. The third-order valence-electron chi connectivity index (χ3n) is 4.40. The standard InChI is InChI=1S/C13H16ClF8NO5S/c1-2-26-8-7-23(9(27-8)5-3-4-6-9)29(24,25)13(21,22)12(19,20)28-11(17,18)10(14,15)16/h8H,2-7H2,1H3. The summed E-state index contributed by atoms with van der Waals surface area (Å²) < 4.78 is 144. The molecule has 2 aliphatic rings. The van der Waals surface area contributed by atoms with Crippen molar-refractivity contribution in [3.8, 4) is 0 Å². The van der Waals surface area contributed by atoms with Gasteiger partial charge in [-0.25, -0.2) is 13.2 Å². The van der Waals surface area contributed by atoms with E-state index in [-0.39, 0.29) is 23.8 Å². The average molecular weight is 486 g/mol. The molecule has 29 heavy (non-hydrogen) atoms. The lowest BCUT2D eigenvalue weighted by molar-refractivity contribution is -0.443. The molecule has 1 spiro atoms. The molecule has 1 unspecified atom stereocenters. The van der Waals surface area contributed by atoms with Gasteiger partial charge in [0.25, 0.3) is 10.0 Å². The zero-order chi connectivity index (χ0) is 22.5. The van der Waals surface area contributed by atoms with Crippen molar-refractivity contribution >= 4 is 21.6 Å². The summed E-state index contributed by atoms with van der Waals surface area (Å²) in [6.07, 6.45) is -14.0. The van der Waals surface area contributed by atoms with Crippen molar-refractivity contribution in [1.82, 2.24) is 4.31 Å². The molecule has 172 valence electrons. The summed E-state index contributed by atoms with van der Waals surface area (Å²) in [6.45, 7) is 0.484. The van der Waals surface area contributed by atoms with Crippen molar-refractivity contribution in [2.45, 2.75) is 67.5 Å². The maximum Gasteiger partial charge on any atom is 0.449 e. The highest BCUT2D eigenvalue weighted by atomic mass is 35.5. The predicted molar refractivity (Wildman–Crippen MR) is 80.0 cm³/mol. The van der Waals surface area contributed by atoms with Gasteiger partial charge >= 0.3 is 22.9 Å². The molecule has 0 bridgehead atoms. The Morgan fingerprint density at radius 2 is 1.59 bits per heavy atom. The lowest BCUT2D eigenvalue weighted by Crippen LogP contribution is -2.60. The van der Waals surface area contributed by atoms with E-state index in [4.69, 9.17) is 9.47 Å². The molecule has 1 heterocycles. The Kier molecular flexibility index (Phi) is 6.48. The van der Waals surface area contributed by atoms with Gasteiger partial charge in [-0.1, -0.05) is 0 Å². The number of sulfonamides is 1. The van der Waals surface area contributed by atoms with E-state index in [1.54, 1.807) is 0 Å². The molecular formula is C13H16ClF8NO5S. The van der Waals surface area contributed by atoms with Gasteiger partial charge in [-0.2, -0.15) is 39.4 Å². The van der Waals surface area contributed by atoms with E-state index < -0.39 is 51.4 Å². The number of hydrogen-bond donors (Lipinski definition) is 0. The molecule has 1 aliphatic heterocycles. The first-order chi connectivity index (χ1) is 12.9. The summed E-state index contributed by atoms with van der Waals surface area (Å²) in [4.78, 5) is 0. The van der Waals surface area contributed by atoms with Crippen LogP contribution in [0.4, 0.5) is 35.1 Å². The van der Waals surface area contributed by atoms with Gasteiger partial charge < -0.3 is 9.47 Å². The van der Waals surface area contributed by atoms with E-state index in [2.05, 4.69) is 16.3 Å². The maximum atomic E-state index is 14.3. The molecule has 1 aliphatic carbocycles. The second-order valence-electron chi connectivity index (χ2n) is 6.34. The van der Waals surface area contributed by atoms with Crippen LogP contribution in [-0.4, -0.2) is 60.7 Å². The summed E-state index contributed by atoms with van der Waals surface area (Å²) in [5.41, 5.74) is -1.96. The van der Waals surface area contributed by atoms with Gasteiger partial charge in [0.05, 0.1) is 6.54 Å². The van der Waals surface area contributed by atoms with Crippen molar-refractivity contribution < 1.29 is 57.8 Å². The molecule has 0 aromatic rings. The van der Waals surface area contributed by atoms with E-state index in [0.717, 1.165) is 0 Å². The number of ether oxygens (including phenoxy) is 3. The summed E-state index contributed by atoms with van der Waals surface area (Å²) in [5, 5.41) is -12.2. The molecular weight excluding hydrogens is 470 g/mol. The second kappa shape index (κ2) is 7.58. The number of hydrogen-bond acceptors (Lipinski definition) is 5. The van der Waals surface area contributed by atoms with Crippen LogP contribution in [0.5, 0.6) is 0 Å². The van der Waals surface area contributed by atoms with Crippen LogP contribution in [0.3, 0.4) is 0 Å². The van der Waals surface area contributed by atoms with Gasteiger partial charge in [0, 0.05) is 6.61 Å². The van der Waals surface area contributed by atoms with Gasteiger partial charge in [0.1, 0.15) is 5.72 Å². The van der Waals surface area contributed by atoms with E-state index in [9.17, 15) is 43.5 Å². The van der Waals surface area contributed by atoms with E-state index in [1.165, 1.54) is 6.92 Å². The van der Waals surface area contributed by atoms with Gasteiger partial charge in [0.2, 0.25) is 0 Å². The third kappa shape index (κ3) is 4.18. The molecule has 2 rings (SSSR count). The van der Waals surface area contributed by atoms with E-state index >= 15 is 0 Å². The molecule has 0 aromatic carbocycles. The third-order valence-corrected chi connectivity index (χ3v) is 6.56. The summed E-state index contributed by atoms with van der Waals surface area (Å²) in [6, 6.07) is 0. The minimum absolute atomic E-state index is 0.0404. The topological polar surface area (TPSA) is 65.1 Å². The summed E-state index contributed by atoms with van der Waals surface area (Å²) >= 11 is 3.89. The first-order valence-corrected chi connectivity index (χ1v) is 9.97. The number of rotatable bonds is 8. The van der Waals surface area contributed by atoms with Crippen LogP contribution in [0.25, 0.3) is 0 Å². The van der Waals surface area contributed by atoms with E-state index in [1.807, 2.05) is 0 Å². The molecule has 0 amide bonds. The van der Waals surface area contributed by atoms with Crippen molar-refractivity contribution in [1.29, 1.82) is 0 Å². The zero-order valence-electron chi connectivity index (χ0n) is 14.6. The fraction of sp³-hybridized carbons (Fsp3) is 1.00. The number of alkyl halides is 9. The normalized spacial score (nSPS) is 24.6. The Morgan fingerprint density at radius 1 is 1.07 bits per heavy atom. The summed E-state index contributed by atoms with van der Waals surface area (Å²) in [7, 11) is -6.46. The zero-order valence-corrected chi connectivity index (χ0v) is 16.2. The maximum absolute atomic E-state index is 14.3. The predicted octanol–water partition coefficient (Wildman–Crippen LogP) is 3.91. The van der Waals surface area contributed by atoms with Crippen LogP contribution >= 0.6 is 11.6 Å². The first-order valence-electron chi connectivity index (χ1n) is 8.16. The van der Waals surface area contributed by atoms with Crippen LogP contribution in [0, 0.1) is 0 Å². The highest BCUT2D eigenvalue weighted by molar-refractivity contribution is 7.90. The fourth-order valence-corrected chi connectivity index (χ4v) is 4.73. The molecule has 6 nitrogen and oxygen atoms in total. The van der Waals surface area contributed by atoms with E-state index in [0.29, 0.717) is 12.8 Å². The molecule has 16 heteroatoms. The fourth-order valence-electron chi connectivity index (χ4n) is 3.09. The highest BCUT2D eigenvalue weighted by Gasteiger charge is 2.76. The van der Waals surface area contributed by atoms with Crippen molar-refractivity contribution in [2.75, 3.05) is 13.2 Å². The first kappa shape index (κ1) is 24.8. The largest absolute Gasteiger partial charge is 0.449 e. The minimum atomic E-state index is -6.57. The van der Waals surface area contributed by atoms with Crippen molar-refractivity contribution in [3.05, 3.63) is 0 Å². The molecule has 1 saturated heterocycles. The lowest BCUT2D eigenvalue weighted by Gasteiger charge is -2.36. The van der Waals surface area contributed by atoms with Crippen molar-refractivity contribution in [3.63, 3.8) is 0 Å². The molecule has 0 aromatic heterocycles. The Balaban J connectivity index is 2.41. The SMILES string of the molecule is CCOC1CN(S(=O)(=O)C(F)(F)C(F)(F)OC(F)(F)C(F)(F)Cl)C2(CCCC2)O1. The van der Waals surface area contributed by atoms with Crippen LogP contribution in [0.1, 0.15) is 32.6 Å². The summed E-state index contributed by atoms with van der Waals surface area (Å²) in [5.74, 6) is 0. The Morgan fingerprint density at radius 3 is 2.03 bits per heavy atom. The second-order valence-corrected chi connectivity index (χ2v) is 8.72. The van der Waals surface area contributed by atoms with Crippen LogP contribution in [0.15, 0.2) is 0 Å².